The van der Waals surface area contributed by atoms with Crippen molar-refractivity contribution in [3.8, 4) is 6.07 Å². The summed E-state index contributed by atoms with van der Waals surface area (Å²) in [6.07, 6.45) is -6.80. The van der Waals surface area contributed by atoms with Gasteiger partial charge in [-0.3, -0.25) is 18.7 Å². The quantitative estimate of drug-likeness (QED) is 0.306. The molecule has 0 saturated carbocycles. The maximum absolute atomic E-state index is 13.5. The highest BCUT2D eigenvalue weighted by atomic mass is 19.4. The molecule has 14 heteroatoms. The maximum atomic E-state index is 13.5. The van der Waals surface area contributed by atoms with E-state index in [2.05, 4.69) is 5.32 Å². The number of hydrogen-bond donors (Lipinski definition) is 3. The molecule has 2 aromatic rings. The Labute approximate surface area is 213 Å². The zero-order valence-electron chi connectivity index (χ0n) is 20.1. The van der Waals surface area contributed by atoms with E-state index in [1.807, 2.05) is 0 Å². The minimum Gasteiger partial charge on any atom is -0.394 e. The molecule has 0 aliphatic carbocycles. The summed E-state index contributed by atoms with van der Waals surface area (Å²) in [4.78, 5) is 37.4. The molecule has 206 valence electrons. The van der Waals surface area contributed by atoms with Gasteiger partial charge in [-0.05, 0) is 31.0 Å². The van der Waals surface area contributed by atoms with E-state index in [0.29, 0.717) is 34.6 Å². The molecular weight excluding hydrogens is 516 g/mol. The first-order chi connectivity index (χ1) is 18.0. The molecule has 0 radical (unpaired) electrons. The number of aliphatic hydroxyl groups excluding tert-OH is 2. The van der Waals surface area contributed by atoms with Gasteiger partial charge in [0.15, 0.2) is 0 Å². The number of aromatic nitrogens is 2. The Morgan fingerprint density at radius 1 is 1.21 bits per heavy atom. The van der Waals surface area contributed by atoms with Crippen LogP contribution in [0.3, 0.4) is 0 Å². The largest absolute Gasteiger partial charge is 0.423 e. The second kappa shape index (κ2) is 12.3. The van der Waals surface area contributed by atoms with Crippen LogP contribution in [0.25, 0.3) is 0 Å². The van der Waals surface area contributed by atoms with Crippen molar-refractivity contribution >= 4 is 5.91 Å². The number of nitrogens with one attached hydrogen (secondary N) is 1. The van der Waals surface area contributed by atoms with Gasteiger partial charge in [-0.1, -0.05) is 12.8 Å². The van der Waals surface area contributed by atoms with E-state index in [1.165, 1.54) is 6.07 Å². The molecule has 1 aromatic heterocycles. The molecule has 1 aliphatic heterocycles. The summed E-state index contributed by atoms with van der Waals surface area (Å²) < 4.78 is 60.3. The zero-order chi connectivity index (χ0) is 28.0. The lowest BCUT2D eigenvalue weighted by Gasteiger charge is -2.19. The van der Waals surface area contributed by atoms with Gasteiger partial charge in [-0.2, -0.15) is 18.4 Å². The van der Waals surface area contributed by atoms with Crippen LogP contribution in [-0.2, 0) is 17.5 Å². The fourth-order valence-electron chi connectivity index (χ4n) is 4.07. The Balaban J connectivity index is 1.58. The SMILES string of the molecule is N#Cc1cc(C(=O)NCCCCCCn2c(=O)c(C(F)(F)F)cn([C@H]3C[C@H](O)[C@@H](CO)O3)c2=O)ccc1F. The van der Waals surface area contributed by atoms with Crippen molar-refractivity contribution in [3.63, 3.8) is 0 Å². The Bertz CT molecular complexity index is 1320. The molecule has 38 heavy (non-hydrogen) atoms. The molecule has 1 aromatic carbocycles. The molecular formula is C24H26F4N4O6. The summed E-state index contributed by atoms with van der Waals surface area (Å²) in [5, 5.41) is 30.6. The minimum absolute atomic E-state index is 0.118. The molecule has 3 rings (SSSR count). The van der Waals surface area contributed by atoms with Gasteiger partial charge in [0.05, 0.1) is 18.3 Å². The number of unbranched alkanes of at least 4 members (excludes halogenated alkanes) is 3. The van der Waals surface area contributed by atoms with Crippen molar-refractivity contribution in [1.82, 2.24) is 14.5 Å². The average Bonchev–Trinajstić information content (AvgIpc) is 3.24. The summed E-state index contributed by atoms with van der Waals surface area (Å²) in [5.74, 6) is -1.24. The third-order valence-electron chi connectivity index (χ3n) is 6.14. The number of carbonyl (C=O) groups is 1. The van der Waals surface area contributed by atoms with Crippen molar-refractivity contribution in [3.05, 3.63) is 67.7 Å². The zero-order valence-corrected chi connectivity index (χ0v) is 20.1. The first kappa shape index (κ1) is 29.0. The number of ether oxygens (including phenoxy) is 1. The van der Waals surface area contributed by atoms with Crippen molar-refractivity contribution < 1.29 is 37.3 Å². The normalized spacial score (nSPS) is 19.3. The van der Waals surface area contributed by atoms with Crippen molar-refractivity contribution in [2.45, 2.75) is 63.3 Å². The summed E-state index contributed by atoms with van der Waals surface area (Å²) >= 11 is 0. The lowest BCUT2D eigenvalue weighted by Crippen LogP contribution is -2.44. The molecule has 0 bridgehead atoms. The van der Waals surface area contributed by atoms with Gasteiger partial charge in [0, 0.05) is 31.3 Å². The summed E-state index contributed by atoms with van der Waals surface area (Å²) in [6.45, 7) is -0.648. The molecule has 1 amide bonds. The molecule has 2 heterocycles. The Morgan fingerprint density at radius 2 is 1.92 bits per heavy atom. The monoisotopic (exact) mass is 542 g/mol. The van der Waals surface area contributed by atoms with Crippen LogP contribution in [0.1, 0.15) is 59.8 Å². The molecule has 1 fully saturated rings. The van der Waals surface area contributed by atoms with Crippen molar-refractivity contribution in [2.75, 3.05) is 13.2 Å². The van der Waals surface area contributed by atoms with E-state index in [-0.39, 0.29) is 37.1 Å². The highest BCUT2D eigenvalue weighted by Crippen LogP contribution is 2.30. The van der Waals surface area contributed by atoms with E-state index in [9.17, 15) is 42.2 Å². The highest BCUT2D eigenvalue weighted by Gasteiger charge is 2.39. The number of aliphatic hydroxyl groups is 2. The standard InChI is InChI=1S/C24H26F4N4O6/c25-17-6-5-14(9-15(17)11-29)21(35)30-7-3-1-2-4-8-31-22(36)16(24(26,27)28)12-32(23(31)37)20-10-18(34)19(13-33)38-20/h5-6,9,12,18-20,33-34H,1-4,7-8,10,13H2,(H,30,35)/t18-,19+,20+/m0/s1. The van der Waals surface area contributed by atoms with Gasteiger partial charge >= 0.3 is 11.9 Å². The van der Waals surface area contributed by atoms with Crippen LogP contribution < -0.4 is 16.6 Å². The van der Waals surface area contributed by atoms with Crippen LogP contribution in [0.5, 0.6) is 0 Å². The molecule has 3 N–H and O–H groups in total. The molecule has 1 aliphatic rings. The third kappa shape index (κ3) is 6.66. The van der Waals surface area contributed by atoms with Crippen molar-refractivity contribution in [1.29, 1.82) is 5.26 Å². The number of amides is 1. The number of hydrogen-bond acceptors (Lipinski definition) is 7. The van der Waals surface area contributed by atoms with Crippen LogP contribution >= 0.6 is 0 Å². The van der Waals surface area contributed by atoms with Gasteiger partial charge in [-0.25, -0.2) is 9.18 Å². The number of carbonyl (C=O) groups excluding carboxylic acids is 1. The first-order valence-corrected chi connectivity index (χ1v) is 11.8. The molecule has 3 atom stereocenters. The first-order valence-electron chi connectivity index (χ1n) is 11.8. The van der Waals surface area contributed by atoms with Crippen LogP contribution in [-0.4, -0.2) is 50.6 Å². The van der Waals surface area contributed by atoms with Gasteiger partial charge in [0.2, 0.25) is 0 Å². The highest BCUT2D eigenvalue weighted by molar-refractivity contribution is 5.94. The van der Waals surface area contributed by atoms with E-state index in [1.54, 1.807) is 6.07 Å². The second-order valence-electron chi connectivity index (χ2n) is 8.78. The topological polar surface area (TPSA) is 147 Å². The Hall–Kier alpha value is -3.54. The Kier molecular flexibility index (Phi) is 9.42. The lowest BCUT2D eigenvalue weighted by atomic mass is 10.1. The summed E-state index contributed by atoms with van der Waals surface area (Å²) in [7, 11) is 0. The number of rotatable bonds is 10. The number of benzene rings is 1. The molecule has 1 saturated heterocycles. The Morgan fingerprint density at radius 3 is 2.55 bits per heavy atom. The van der Waals surface area contributed by atoms with E-state index in [4.69, 9.17) is 10.00 Å². The summed E-state index contributed by atoms with van der Waals surface area (Å²) in [5.41, 5.74) is -4.20. The van der Waals surface area contributed by atoms with Gasteiger partial charge in [0.1, 0.15) is 29.8 Å². The fourth-order valence-corrected chi connectivity index (χ4v) is 4.07. The molecule has 0 unspecified atom stereocenters. The van der Waals surface area contributed by atoms with Crippen LogP contribution in [0.2, 0.25) is 0 Å². The molecule has 10 nitrogen and oxygen atoms in total. The van der Waals surface area contributed by atoms with E-state index < -0.39 is 59.8 Å². The number of alkyl halides is 3. The number of halogens is 4. The second-order valence-corrected chi connectivity index (χ2v) is 8.78. The fraction of sp³-hybridized carbons (Fsp3) is 0.500. The van der Waals surface area contributed by atoms with E-state index in [0.717, 1.165) is 12.1 Å². The lowest BCUT2D eigenvalue weighted by molar-refractivity contribution is -0.140. The van der Waals surface area contributed by atoms with Crippen LogP contribution in [0, 0.1) is 17.1 Å². The van der Waals surface area contributed by atoms with Gasteiger partial charge < -0.3 is 20.3 Å². The van der Waals surface area contributed by atoms with Gasteiger partial charge in [0.25, 0.3) is 11.5 Å². The molecule has 0 spiro atoms. The maximum Gasteiger partial charge on any atom is 0.423 e. The smallest absolute Gasteiger partial charge is 0.394 e. The van der Waals surface area contributed by atoms with Crippen LogP contribution in [0.4, 0.5) is 17.6 Å². The van der Waals surface area contributed by atoms with Crippen molar-refractivity contribution in [2.24, 2.45) is 0 Å². The predicted molar refractivity (Wildman–Crippen MR) is 123 cm³/mol. The van der Waals surface area contributed by atoms with Gasteiger partial charge in [-0.15, -0.1) is 0 Å². The van der Waals surface area contributed by atoms with Crippen LogP contribution in [0.15, 0.2) is 34.0 Å². The average molecular weight is 542 g/mol. The predicted octanol–water partition coefficient (Wildman–Crippen LogP) is 1.67. The number of nitrogens with zero attached hydrogens (tertiary/aromatic N) is 3. The summed E-state index contributed by atoms with van der Waals surface area (Å²) in [6, 6.07) is 5.04. The number of nitriles is 1. The van der Waals surface area contributed by atoms with E-state index >= 15 is 0 Å². The third-order valence-corrected chi connectivity index (χ3v) is 6.14. The minimum atomic E-state index is -5.03.